The number of hydrogen-bond acceptors (Lipinski definition) is 3. The Morgan fingerprint density at radius 1 is 0.805 bits per heavy atom. The van der Waals surface area contributed by atoms with Crippen LogP contribution in [0.3, 0.4) is 0 Å². The van der Waals surface area contributed by atoms with Gasteiger partial charge in [0.05, 0.1) is 22.8 Å². The Morgan fingerprint density at radius 2 is 1.54 bits per heavy atom. The third-order valence-corrected chi connectivity index (χ3v) is 9.88. The molecule has 204 valence electrons. The number of halogens is 2. The second kappa shape index (κ2) is 10.5. The maximum Gasteiger partial charge on any atom is 0.0748 e. The minimum absolute atomic E-state index is 0.0937. The van der Waals surface area contributed by atoms with Gasteiger partial charge in [-0.1, -0.05) is 55.8 Å². The van der Waals surface area contributed by atoms with E-state index in [0.717, 1.165) is 65.8 Å². The van der Waals surface area contributed by atoms with Crippen LogP contribution in [0.1, 0.15) is 37.0 Å². The molecule has 4 aliphatic rings. The number of nitrogens with zero attached hydrogens (tertiary/aromatic N) is 2. The minimum atomic E-state index is 0.0937. The lowest BCUT2D eigenvalue weighted by atomic mass is 9.83. The summed E-state index contributed by atoms with van der Waals surface area (Å²) in [5, 5.41) is 6.07. The number of fused-ring (bicyclic) bond motifs is 6. The van der Waals surface area contributed by atoms with Crippen molar-refractivity contribution in [3.8, 4) is 0 Å². The lowest BCUT2D eigenvalue weighted by Crippen LogP contribution is -2.33. The molecule has 41 heavy (non-hydrogen) atoms. The number of hydrogen-bond donors (Lipinski definition) is 2. The smallest absolute Gasteiger partial charge is 0.0748 e. The third-order valence-electron chi connectivity index (χ3n) is 8.30. The number of aromatic amines is 1. The standard InChI is InChI=1S/C35H30I2N4/c1-20-4-6-21(7-5-20)34-29-15-14-28(40-29)33(22-8-10-23(36)11-9-22)27-13-12-24(38-27)16-25-19-35(2,3)32(39-25)18-30-26(37)17-31(34)41-30/h4-18,25,32,38-39H,19H2,1-3H3/b24-16-,30-18-,33-27?,34-29-. The Kier molecular flexibility index (Phi) is 6.90. The summed E-state index contributed by atoms with van der Waals surface area (Å²) in [6.45, 7) is 6.82. The Labute approximate surface area is 267 Å². The van der Waals surface area contributed by atoms with Gasteiger partial charge in [0.25, 0.3) is 0 Å². The zero-order valence-corrected chi connectivity index (χ0v) is 27.5. The van der Waals surface area contributed by atoms with Crippen molar-refractivity contribution in [2.24, 2.45) is 15.4 Å². The molecule has 0 amide bonds. The van der Waals surface area contributed by atoms with Crippen LogP contribution in [-0.4, -0.2) is 28.5 Å². The van der Waals surface area contributed by atoms with Crippen LogP contribution < -0.4 is 16.0 Å². The van der Waals surface area contributed by atoms with E-state index in [4.69, 9.17) is 9.98 Å². The third kappa shape index (κ3) is 5.19. The average molecular weight is 760 g/mol. The highest BCUT2D eigenvalue weighted by Gasteiger charge is 2.38. The van der Waals surface area contributed by atoms with Gasteiger partial charge in [0.15, 0.2) is 0 Å². The van der Waals surface area contributed by atoms with Gasteiger partial charge in [-0.2, -0.15) is 0 Å². The van der Waals surface area contributed by atoms with E-state index in [1.807, 2.05) is 0 Å². The highest BCUT2D eigenvalue weighted by molar-refractivity contribution is 14.1. The van der Waals surface area contributed by atoms with E-state index in [2.05, 4.69) is 167 Å². The molecule has 0 radical (unpaired) electrons. The van der Waals surface area contributed by atoms with Crippen LogP contribution in [0.2, 0.25) is 0 Å². The normalized spacial score (nSPS) is 26.7. The summed E-state index contributed by atoms with van der Waals surface area (Å²) < 4.78 is 2.36. The highest BCUT2D eigenvalue weighted by atomic mass is 127. The molecule has 0 spiro atoms. The van der Waals surface area contributed by atoms with Crippen LogP contribution in [0.4, 0.5) is 0 Å². The largest absolute Gasteiger partial charge is 0.355 e. The second-order valence-corrected chi connectivity index (χ2v) is 14.2. The summed E-state index contributed by atoms with van der Waals surface area (Å²) in [6.07, 6.45) is 12.2. The monoisotopic (exact) mass is 760 g/mol. The zero-order valence-electron chi connectivity index (χ0n) is 23.2. The number of aryl methyl sites for hydroxylation is 1. The van der Waals surface area contributed by atoms with Gasteiger partial charge in [-0.15, -0.1) is 0 Å². The van der Waals surface area contributed by atoms with Crippen molar-refractivity contribution in [1.82, 2.24) is 10.3 Å². The van der Waals surface area contributed by atoms with Crippen LogP contribution in [-0.2, 0) is 0 Å². The maximum atomic E-state index is 5.29. The fourth-order valence-electron chi connectivity index (χ4n) is 6.12. The first kappa shape index (κ1) is 27.0. The molecule has 2 unspecified atom stereocenters. The van der Waals surface area contributed by atoms with Crippen LogP contribution in [0.15, 0.2) is 110 Å². The van der Waals surface area contributed by atoms with Crippen molar-refractivity contribution < 1.29 is 0 Å². The molecule has 2 N–H and O–H groups in total. The number of H-pyrrole nitrogens is 1. The van der Waals surface area contributed by atoms with E-state index in [1.54, 1.807) is 0 Å². The Bertz CT molecular complexity index is 1880. The van der Waals surface area contributed by atoms with Gasteiger partial charge < -0.3 is 10.3 Å². The van der Waals surface area contributed by atoms with Crippen molar-refractivity contribution in [3.05, 3.63) is 131 Å². The van der Waals surface area contributed by atoms with Gasteiger partial charge >= 0.3 is 0 Å². The molecule has 8 bridgehead atoms. The summed E-state index contributed by atoms with van der Waals surface area (Å²) in [5.74, 6) is 0. The molecule has 7 rings (SSSR count). The van der Waals surface area contributed by atoms with Gasteiger partial charge in [0.2, 0.25) is 0 Å². The van der Waals surface area contributed by atoms with Crippen LogP contribution in [0, 0.1) is 15.9 Å². The number of allylic oxidation sites excluding steroid dienone is 5. The lowest BCUT2D eigenvalue weighted by molar-refractivity contribution is 0.355. The predicted octanol–water partition coefficient (Wildman–Crippen LogP) is 6.76. The molecular weight excluding hydrogens is 730 g/mol. The molecule has 2 aromatic carbocycles. The van der Waals surface area contributed by atoms with Gasteiger partial charge in [-0.25, -0.2) is 9.98 Å². The molecule has 4 nitrogen and oxygen atoms in total. The topological polar surface area (TPSA) is 52.5 Å². The van der Waals surface area contributed by atoms with Gasteiger partial charge in [0, 0.05) is 41.1 Å². The summed E-state index contributed by atoms with van der Waals surface area (Å²) >= 11 is 4.80. The Balaban J connectivity index is 1.52. The molecule has 1 saturated heterocycles. The SMILES string of the molecule is Cc1ccc(/C2=C3\C=CC(=N3)C(c3ccc(I)cc3)=c3cc/c([nH]3)=C/C3CC(C)(C)C(/C=C4N=C2C=C\4I)N3)cc1. The number of rotatable bonds is 2. The van der Waals surface area contributed by atoms with Crippen LogP contribution >= 0.6 is 45.2 Å². The number of nitrogens with one attached hydrogen (secondary N) is 2. The van der Waals surface area contributed by atoms with E-state index in [0.29, 0.717) is 0 Å². The van der Waals surface area contributed by atoms with Crippen molar-refractivity contribution in [2.75, 3.05) is 0 Å². The first-order chi connectivity index (χ1) is 19.7. The molecule has 6 heteroatoms. The lowest BCUT2D eigenvalue weighted by Gasteiger charge is -2.23. The van der Waals surface area contributed by atoms with Gasteiger partial charge in [-0.3, -0.25) is 0 Å². The molecule has 2 atom stereocenters. The molecule has 3 aromatic rings. The van der Waals surface area contributed by atoms with Gasteiger partial charge in [-0.05, 0) is 130 Å². The average Bonchev–Trinajstić information content (AvgIpc) is 3.71. The predicted molar refractivity (Wildman–Crippen MR) is 188 cm³/mol. The van der Waals surface area contributed by atoms with Crippen molar-refractivity contribution >= 4 is 73.8 Å². The number of aliphatic imine (C=N–C) groups is 2. The second-order valence-electron chi connectivity index (χ2n) is 11.8. The van der Waals surface area contributed by atoms with E-state index in [1.165, 1.54) is 9.13 Å². The number of benzene rings is 2. The van der Waals surface area contributed by atoms with E-state index in [9.17, 15) is 0 Å². The van der Waals surface area contributed by atoms with Crippen molar-refractivity contribution in [3.63, 3.8) is 0 Å². The summed E-state index contributed by atoms with van der Waals surface area (Å²) in [7, 11) is 0. The quantitative estimate of drug-likeness (QED) is 0.279. The van der Waals surface area contributed by atoms with E-state index in [-0.39, 0.29) is 17.5 Å². The number of aromatic nitrogens is 1. The summed E-state index contributed by atoms with van der Waals surface area (Å²) in [4.78, 5) is 14.2. The minimum Gasteiger partial charge on any atom is -0.355 e. The van der Waals surface area contributed by atoms with E-state index >= 15 is 0 Å². The summed E-state index contributed by atoms with van der Waals surface area (Å²) in [6, 6.07) is 22.2. The van der Waals surface area contributed by atoms with Gasteiger partial charge in [0.1, 0.15) is 0 Å². The molecule has 1 fully saturated rings. The van der Waals surface area contributed by atoms with E-state index < -0.39 is 0 Å². The molecule has 0 saturated carbocycles. The fourth-order valence-corrected chi connectivity index (χ4v) is 7.07. The molecule has 0 aliphatic carbocycles. The summed E-state index contributed by atoms with van der Waals surface area (Å²) in [5.41, 5.74) is 9.60. The molecule has 4 aliphatic heterocycles. The van der Waals surface area contributed by atoms with Crippen molar-refractivity contribution in [1.29, 1.82) is 0 Å². The highest BCUT2D eigenvalue weighted by Crippen LogP contribution is 2.39. The zero-order chi connectivity index (χ0) is 28.3. The van der Waals surface area contributed by atoms with Crippen LogP contribution in [0.5, 0.6) is 0 Å². The fraction of sp³-hybridized carbons (Fsp3) is 0.200. The first-order valence-corrected chi connectivity index (χ1v) is 16.1. The maximum absolute atomic E-state index is 5.29. The van der Waals surface area contributed by atoms with Crippen LogP contribution in [0.25, 0.3) is 17.2 Å². The van der Waals surface area contributed by atoms with Crippen molar-refractivity contribution in [2.45, 2.75) is 39.3 Å². The molecular formula is C35H30I2N4. The molecule has 5 heterocycles. The Hall–Kier alpha value is -2.82. The first-order valence-electron chi connectivity index (χ1n) is 13.9. The Morgan fingerprint density at radius 3 is 2.32 bits per heavy atom. The molecule has 1 aromatic heterocycles.